The largest absolute Gasteiger partial charge is 0.502 e. The molecule has 0 aromatic heterocycles. The topological polar surface area (TPSA) is 57.6 Å². The van der Waals surface area contributed by atoms with E-state index in [1.807, 2.05) is 6.92 Å². The van der Waals surface area contributed by atoms with E-state index in [4.69, 9.17) is 0 Å². The third-order valence-electron chi connectivity index (χ3n) is 3.48. The Balaban J connectivity index is 2.03. The fourth-order valence-corrected chi connectivity index (χ4v) is 2.32. The maximum atomic E-state index is 13.0. The van der Waals surface area contributed by atoms with Gasteiger partial charge in [0.15, 0.2) is 5.76 Å². The van der Waals surface area contributed by atoms with Crippen molar-refractivity contribution in [1.82, 2.24) is 0 Å². The van der Waals surface area contributed by atoms with E-state index in [2.05, 4.69) is 0 Å². The van der Waals surface area contributed by atoms with E-state index in [-0.39, 0.29) is 11.3 Å². The summed E-state index contributed by atoms with van der Waals surface area (Å²) in [4.78, 5) is 25.5. The van der Waals surface area contributed by atoms with E-state index in [9.17, 15) is 19.1 Å². The molecule has 4 nitrogen and oxygen atoms in total. The minimum absolute atomic E-state index is 0.0469. The van der Waals surface area contributed by atoms with Gasteiger partial charge in [0.25, 0.3) is 5.91 Å². The van der Waals surface area contributed by atoms with E-state index in [1.165, 1.54) is 12.1 Å². The molecule has 0 unspecified atom stereocenters. The van der Waals surface area contributed by atoms with Gasteiger partial charge < -0.3 is 5.11 Å². The van der Waals surface area contributed by atoms with Crippen molar-refractivity contribution < 1.29 is 19.1 Å². The molecule has 3 rings (SSSR count). The molecule has 0 fully saturated rings. The number of hydrogen-bond acceptors (Lipinski definition) is 3. The van der Waals surface area contributed by atoms with E-state index in [1.54, 1.807) is 24.3 Å². The number of carbonyl (C=O) groups is 2. The van der Waals surface area contributed by atoms with E-state index in [0.29, 0.717) is 5.56 Å². The molecule has 2 amide bonds. The SMILES string of the molecule is Cc1ccc(C2=C(O)C(=O)N(c3ccc(F)cc3)C2=O)cc1. The van der Waals surface area contributed by atoms with Crippen molar-refractivity contribution in [2.24, 2.45) is 0 Å². The maximum absolute atomic E-state index is 13.0. The molecule has 0 radical (unpaired) electrons. The zero-order valence-electron chi connectivity index (χ0n) is 11.7. The van der Waals surface area contributed by atoms with Crippen LogP contribution in [0.5, 0.6) is 0 Å². The van der Waals surface area contributed by atoms with Crippen molar-refractivity contribution in [3.05, 3.63) is 71.2 Å². The van der Waals surface area contributed by atoms with Gasteiger partial charge >= 0.3 is 5.91 Å². The van der Waals surface area contributed by atoms with Gasteiger partial charge in [0.05, 0.1) is 11.3 Å². The van der Waals surface area contributed by atoms with Crippen LogP contribution >= 0.6 is 0 Å². The number of aliphatic hydroxyl groups is 1. The lowest BCUT2D eigenvalue weighted by atomic mass is 10.0. The summed E-state index contributed by atoms with van der Waals surface area (Å²) >= 11 is 0. The summed E-state index contributed by atoms with van der Waals surface area (Å²) in [5.41, 5.74) is 1.63. The highest BCUT2D eigenvalue weighted by Gasteiger charge is 2.40. The molecule has 1 aliphatic heterocycles. The molecule has 0 saturated carbocycles. The van der Waals surface area contributed by atoms with E-state index in [0.717, 1.165) is 22.6 Å². The number of imide groups is 1. The molecule has 0 atom stereocenters. The first-order valence-corrected chi connectivity index (χ1v) is 6.63. The van der Waals surface area contributed by atoms with Gasteiger partial charge in [0.2, 0.25) is 0 Å². The van der Waals surface area contributed by atoms with Gasteiger partial charge in [-0.2, -0.15) is 0 Å². The number of rotatable bonds is 2. The monoisotopic (exact) mass is 297 g/mol. The van der Waals surface area contributed by atoms with Gasteiger partial charge in [-0.15, -0.1) is 0 Å². The minimum Gasteiger partial charge on any atom is -0.502 e. The third kappa shape index (κ3) is 2.16. The first-order chi connectivity index (χ1) is 10.5. The van der Waals surface area contributed by atoms with Gasteiger partial charge in [-0.05, 0) is 36.8 Å². The van der Waals surface area contributed by atoms with Crippen molar-refractivity contribution in [2.45, 2.75) is 6.92 Å². The molecule has 1 aliphatic rings. The number of carbonyl (C=O) groups excluding carboxylic acids is 2. The lowest BCUT2D eigenvalue weighted by Gasteiger charge is -2.14. The van der Waals surface area contributed by atoms with Crippen LogP contribution in [0.4, 0.5) is 10.1 Å². The van der Waals surface area contributed by atoms with Gasteiger partial charge in [-0.1, -0.05) is 29.8 Å². The van der Waals surface area contributed by atoms with Crippen molar-refractivity contribution >= 4 is 23.1 Å². The van der Waals surface area contributed by atoms with Crippen LogP contribution in [0.1, 0.15) is 11.1 Å². The van der Waals surface area contributed by atoms with E-state index < -0.39 is 23.4 Å². The van der Waals surface area contributed by atoms with Crippen LogP contribution in [-0.4, -0.2) is 16.9 Å². The van der Waals surface area contributed by atoms with Crippen molar-refractivity contribution in [3.8, 4) is 0 Å². The molecule has 110 valence electrons. The van der Waals surface area contributed by atoms with Gasteiger partial charge in [0.1, 0.15) is 5.82 Å². The molecule has 5 heteroatoms. The highest BCUT2D eigenvalue weighted by atomic mass is 19.1. The molecule has 0 spiro atoms. The number of anilines is 1. The van der Waals surface area contributed by atoms with Gasteiger partial charge in [-0.3, -0.25) is 9.59 Å². The highest BCUT2D eigenvalue weighted by Crippen LogP contribution is 2.31. The average Bonchev–Trinajstić information content (AvgIpc) is 2.72. The zero-order valence-corrected chi connectivity index (χ0v) is 11.7. The van der Waals surface area contributed by atoms with Crippen LogP contribution in [0.15, 0.2) is 54.3 Å². The molecule has 22 heavy (non-hydrogen) atoms. The Hall–Kier alpha value is -2.95. The Morgan fingerprint density at radius 2 is 1.50 bits per heavy atom. The smallest absolute Gasteiger partial charge is 0.301 e. The van der Waals surface area contributed by atoms with Gasteiger partial charge in [0, 0.05) is 0 Å². The summed E-state index contributed by atoms with van der Waals surface area (Å²) in [5.74, 6) is -2.51. The Labute approximate surface area is 126 Å². The number of amides is 2. The van der Waals surface area contributed by atoms with Crippen LogP contribution in [0.25, 0.3) is 5.57 Å². The lowest BCUT2D eigenvalue weighted by molar-refractivity contribution is -0.121. The predicted molar refractivity (Wildman–Crippen MR) is 79.6 cm³/mol. The Kier molecular flexibility index (Phi) is 3.25. The number of benzene rings is 2. The summed E-state index contributed by atoms with van der Waals surface area (Å²) < 4.78 is 13.0. The van der Waals surface area contributed by atoms with Gasteiger partial charge in [-0.25, -0.2) is 9.29 Å². The van der Waals surface area contributed by atoms with Crippen LogP contribution in [0.2, 0.25) is 0 Å². The maximum Gasteiger partial charge on any atom is 0.301 e. The van der Waals surface area contributed by atoms with Crippen molar-refractivity contribution in [2.75, 3.05) is 4.90 Å². The molecule has 2 aromatic carbocycles. The number of aryl methyl sites for hydroxylation is 1. The fraction of sp³-hybridized carbons (Fsp3) is 0.0588. The van der Waals surface area contributed by atoms with Crippen molar-refractivity contribution in [3.63, 3.8) is 0 Å². The molecule has 0 saturated heterocycles. The first kappa shape index (κ1) is 14.0. The average molecular weight is 297 g/mol. The van der Waals surface area contributed by atoms with Crippen LogP contribution in [0, 0.1) is 12.7 Å². The second-order valence-electron chi connectivity index (χ2n) is 5.01. The predicted octanol–water partition coefficient (Wildman–Crippen LogP) is 2.98. The molecule has 0 bridgehead atoms. The molecular formula is C17H12FNO3. The molecule has 2 aromatic rings. The molecule has 1 heterocycles. The normalized spacial score (nSPS) is 14.9. The second-order valence-corrected chi connectivity index (χ2v) is 5.01. The number of halogens is 1. The zero-order chi connectivity index (χ0) is 15.9. The molecule has 1 N–H and O–H groups in total. The van der Waals surface area contributed by atoms with Crippen LogP contribution in [0.3, 0.4) is 0 Å². The quantitative estimate of drug-likeness (QED) is 0.867. The van der Waals surface area contributed by atoms with Crippen LogP contribution in [-0.2, 0) is 9.59 Å². The van der Waals surface area contributed by atoms with Crippen molar-refractivity contribution in [1.29, 1.82) is 0 Å². The number of nitrogens with zero attached hydrogens (tertiary/aromatic N) is 1. The Morgan fingerprint density at radius 3 is 2.09 bits per heavy atom. The molecule has 0 aliphatic carbocycles. The van der Waals surface area contributed by atoms with E-state index >= 15 is 0 Å². The summed E-state index contributed by atoms with van der Waals surface area (Å²) in [6, 6.07) is 11.8. The highest BCUT2D eigenvalue weighted by molar-refractivity contribution is 6.44. The Bertz CT molecular complexity index is 792. The van der Waals surface area contributed by atoms with Crippen LogP contribution < -0.4 is 4.90 Å². The standard InChI is InChI=1S/C17H12FNO3/c1-10-2-4-11(5-3-10)14-15(20)17(22)19(16(14)21)13-8-6-12(18)7-9-13/h2-9,20H,1H3. The summed E-state index contributed by atoms with van der Waals surface area (Å²) in [6.45, 7) is 1.89. The fourth-order valence-electron chi connectivity index (χ4n) is 2.32. The summed E-state index contributed by atoms with van der Waals surface area (Å²) in [6.07, 6.45) is 0. The first-order valence-electron chi connectivity index (χ1n) is 6.63. The minimum atomic E-state index is -0.813. The third-order valence-corrected chi connectivity index (χ3v) is 3.48. The summed E-state index contributed by atoms with van der Waals surface area (Å²) in [7, 11) is 0. The lowest BCUT2D eigenvalue weighted by Crippen LogP contribution is -2.31. The molecular weight excluding hydrogens is 285 g/mol. The number of hydrogen-bond donors (Lipinski definition) is 1. The second kappa shape index (κ2) is 5.11. The Morgan fingerprint density at radius 1 is 0.909 bits per heavy atom. The summed E-state index contributed by atoms with van der Waals surface area (Å²) in [5, 5.41) is 10.0. The number of aliphatic hydroxyl groups excluding tert-OH is 1.